The van der Waals surface area contributed by atoms with Gasteiger partial charge >= 0.3 is 0 Å². The van der Waals surface area contributed by atoms with E-state index in [2.05, 4.69) is 4.72 Å². The molecule has 24 heavy (non-hydrogen) atoms. The number of hydrogen-bond acceptors (Lipinski definition) is 5. The van der Waals surface area contributed by atoms with Crippen molar-refractivity contribution in [3.63, 3.8) is 0 Å². The molecule has 1 aliphatic rings. The molecule has 1 saturated heterocycles. The number of sulfonamides is 1. The molecule has 0 saturated carbocycles. The average Bonchev–Trinajstić information content (AvgIpc) is 2.52. The van der Waals surface area contributed by atoms with Crippen LogP contribution in [-0.2, 0) is 19.6 Å². The molecule has 0 radical (unpaired) electrons. The summed E-state index contributed by atoms with van der Waals surface area (Å²) in [5, 5.41) is 0. The molecule has 0 bridgehead atoms. The molecule has 7 nitrogen and oxygen atoms in total. The SMILES string of the molecule is CN(C)CCCNS(=O)(=O)c1ccc(N2C(=O)CCCC2=O)cc1. The van der Waals surface area contributed by atoms with Crippen molar-refractivity contribution in [2.45, 2.75) is 30.6 Å². The van der Waals surface area contributed by atoms with Crippen LogP contribution in [0, 0.1) is 0 Å². The van der Waals surface area contributed by atoms with Gasteiger partial charge in [-0.2, -0.15) is 0 Å². The Balaban J connectivity index is 2.05. The zero-order chi connectivity index (χ0) is 17.7. The summed E-state index contributed by atoms with van der Waals surface area (Å²) in [5.74, 6) is -0.493. The lowest BCUT2D eigenvalue weighted by Gasteiger charge is -2.24. The first-order valence-corrected chi connectivity index (χ1v) is 9.40. The van der Waals surface area contributed by atoms with E-state index in [0.717, 1.165) is 11.4 Å². The fourth-order valence-corrected chi connectivity index (χ4v) is 3.58. The highest BCUT2D eigenvalue weighted by Gasteiger charge is 2.27. The molecular formula is C16H23N3O4S. The Bertz CT molecular complexity index is 683. The summed E-state index contributed by atoms with van der Waals surface area (Å²) in [6, 6.07) is 5.82. The summed E-state index contributed by atoms with van der Waals surface area (Å²) in [7, 11) is 0.264. The van der Waals surface area contributed by atoms with Gasteiger partial charge in [0.1, 0.15) is 0 Å². The van der Waals surface area contributed by atoms with E-state index in [1.165, 1.54) is 24.3 Å². The van der Waals surface area contributed by atoms with Gasteiger partial charge in [-0.1, -0.05) is 0 Å². The first-order valence-electron chi connectivity index (χ1n) is 7.91. The molecule has 2 amide bonds. The molecular weight excluding hydrogens is 330 g/mol. The van der Waals surface area contributed by atoms with Gasteiger partial charge < -0.3 is 4.90 Å². The highest BCUT2D eigenvalue weighted by Crippen LogP contribution is 2.23. The normalized spacial score (nSPS) is 16.0. The number of amides is 2. The van der Waals surface area contributed by atoms with Gasteiger partial charge in [0.15, 0.2) is 0 Å². The summed E-state index contributed by atoms with van der Waals surface area (Å²) in [6.07, 6.45) is 1.94. The number of piperidine rings is 1. The van der Waals surface area contributed by atoms with Crippen LogP contribution < -0.4 is 9.62 Å². The lowest BCUT2D eigenvalue weighted by Crippen LogP contribution is -2.40. The van der Waals surface area contributed by atoms with Crippen molar-refractivity contribution in [1.29, 1.82) is 0 Å². The Morgan fingerprint density at radius 2 is 1.67 bits per heavy atom. The molecule has 0 aliphatic carbocycles. The smallest absolute Gasteiger partial charge is 0.240 e. The summed E-state index contributed by atoms with van der Waals surface area (Å²) < 4.78 is 27.0. The van der Waals surface area contributed by atoms with Gasteiger partial charge in [0.05, 0.1) is 10.6 Å². The number of hydrogen-bond donors (Lipinski definition) is 1. The third kappa shape index (κ3) is 4.62. The molecule has 0 atom stereocenters. The van der Waals surface area contributed by atoms with Crippen LogP contribution in [0.1, 0.15) is 25.7 Å². The van der Waals surface area contributed by atoms with Gasteiger partial charge in [0, 0.05) is 19.4 Å². The maximum Gasteiger partial charge on any atom is 0.240 e. The zero-order valence-corrected chi connectivity index (χ0v) is 14.8. The monoisotopic (exact) mass is 353 g/mol. The third-order valence-electron chi connectivity index (χ3n) is 3.76. The number of imide groups is 1. The molecule has 0 unspecified atom stereocenters. The van der Waals surface area contributed by atoms with Gasteiger partial charge in [-0.3, -0.25) is 14.5 Å². The number of nitrogens with zero attached hydrogens (tertiary/aromatic N) is 2. The minimum atomic E-state index is -3.59. The van der Waals surface area contributed by atoms with Crippen LogP contribution in [0.2, 0.25) is 0 Å². The van der Waals surface area contributed by atoms with Crippen LogP contribution in [0.4, 0.5) is 5.69 Å². The molecule has 1 aliphatic heterocycles. The number of carbonyl (C=O) groups is 2. The molecule has 1 N–H and O–H groups in total. The van der Waals surface area contributed by atoms with Crippen LogP contribution in [-0.4, -0.2) is 52.3 Å². The molecule has 0 aromatic heterocycles. The lowest BCUT2D eigenvalue weighted by atomic mass is 10.1. The molecule has 1 fully saturated rings. The molecule has 1 heterocycles. The van der Waals surface area contributed by atoms with Crippen molar-refractivity contribution in [1.82, 2.24) is 9.62 Å². The van der Waals surface area contributed by atoms with E-state index in [4.69, 9.17) is 0 Å². The predicted octanol–water partition coefficient (Wildman–Crippen LogP) is 0.960. The van der Waals surface area contributed by atoms with Gasteiger partial charge in [-0.25, -0.2) is 13.1 Å². The second kappa shape index (κ2) is 7.87. The van der Waals surface area contributed by atoms with E-state index in [0.29, 0.717) is 37.9 Å². The van der Waals surface area contributed by atoms with Gasteiger partial charge in [0.2, 0.25) is 21.8 Å². The molecule has 0 spiro atoms. The molecule has 1 aromatic rings. The van der Waals surface area contributed by atoms with E-state index < -0.39 is 10.0 Å². The number of benzene rings is 1. The van der Waals surface area contributed by atoms with Gasteiger partial charge in [-0.05, 0) is 57.7 Å². The highest BCUT2D eigenvalue weighted by molar-refractivity contribution is 7.89. The van der Waals surface area contributed by atoms with Crippen molar-refractivity contribution < 1.29 is 18.0 Å². The van der Waals surface area contributed by atoms with Crippen molar-refractivity contribution in [3.8, 4) is 0 Å². The van der Waals surface area contributed by atoms with Crippen molar-refractivity contribution in [2.75, 3.05) is 32.1 Å². The van der Waals surface area contributed by atoms with Gasteiger partial charge in [0.25, 0.3) is 0 Å². The lowest BCUT2D eigenvalue weighted by molar-refractivity contribution is -0.129. The van der Waals surface area contributed by atoms with Crippen LogP contribution >= 0.6 is 0 Å². The van der Waals surface area contributed by atoms with Crippen LogP contribution in [0.25, 0.3) is 0 Å². The number of nitrogens with one attached hydrogen (secondary N) is 1. The second-order valence-corrected chi connectivity index (χ2v) is 7.79. The summed E-state index contributed by atoms with van der Waals surface area (Å²) in [5.41, 5.74) is 0.413. The largest absolute Gasteiger partial charge is 0.309 e. The minimum absolute atomic E-state index is 0.119. The summed E-state index contributed by atoms with van der Waals surface area (Å²) in [4.78, 5) is 27.0. The standard InChI is InChI=1S/C16H23N3O4S/c1-18(2)12-4-11-17-24(22,23)14-9-7-13(8-10-14)19-15(20)5-3-6-16(19)21/h7-10,17H,3-6,11-12H2,1-2H3. The third-order valence-corrected chi connectivity index (χ3v) is 5.24. The molecule has 132 valence electrons. The van der Waals surface area contributed by atoms with E-state index >= 15 is 0 Å². The fourth-order valence-electron chi connectivity index (χ4n) is 2.50. The van der Waals surface area contributed by atoms with Crippen molar-refractivity contribution in [3.05, 3.63) is 24.3 Å². The quantitative estimate of drug-likeness (QED) is 0.583. The Labute approximate surface area is 142 Å². The predicted molar refractivity (Wildman–Crippen MR) is 91.1 cm³/mol. The Kier molecular flexibility index (Phi) is 6.09. The number of rotatable bonds is 7. The topological polar surface area (TPSA) is 86.8 Å². The van der Waals surface area contributed by atoms with E-state index in [1.807, 2.05) is 19.0 Å². The second-order valence-electron chi connectivity index (χ2n) is 6.02. The zero-order valence-electron chi connectivity index (χ0n) is 14.0. The van der Waals surface area contributed by atoms with E-state index in [1.54, 1.807) is 0 Å². The van der Waals surface area contributed by atoms with E-state index in [9.17, 15) is 18.0 Å². The summed E-state index contributed by atoms with van der Waals surface area (Å²) in [6.45, 7) is 1.14. The maximum absolute atomic E-state index is 12.2. The average molecular weight is 353 g/mol. The Hall–Kier alpha value is -1.77. The first kappa shape index (κ1) is 18.6. The van der Waals surface area contributed by atoms with Gasteiger partial charge in [-0.15, -0.1) is 0 Å². The van der Waals surface area contributed by atoms with E-state index in [-0.39, 0.29) is 16.7 Å². The fraction of sp³-hybridized carbons (Fsp3) is 0.500. The first-order chi connectivity index (χ1) is 11.3. The van der Waals surface area contributed by atoms with Crippen LogP contribution in [0.5, 0.6) is 0 Å². The molecule has 2 rings (SSSR count). The van der Waals surface area contributed by atoms with Crippen molar-refractivity contribution >= 4 is 27.5 Å². The molecule has 1 aromatic carbocycles. The van der Waals surface area contributed by atoms with Crippen LogP contribution in [0.3, 0.4) is 0 Å². The molecule has 8 heteroatoms. The number of anilines is 1. The van der Waals surface area contributed by atoms with Crippen molar-refractivity contribution in [2.24, 2.45) is 0 Å². The maximum atomic E-state index is 12.2. The number of carbonyl (C=O) groups excluding carboxylic acids is 2. The minimum Gasteiger partial charge on any atom is -0.309 e. The highest BCUT2D eigenvalue weighted by atomic mass is 32.2. The Morgan fingerprint density at radius 3 is 2.21 bits per heavy atom. The van der Waals surface area contributed by atoms with Crippen LogP contribution in [0.15, 0.2) is 29.2 Å². The Morgan fingerprint density at radius 1 is 1.08 bits per heavy atom. The summed E-state index contributed by atoms with van der Waals surface area (Å²) >= 11 is 0.